The Morgan fingerprint density at radius 3 is 2.38 bits per heavy atom. The number of phenols is 2. The SMILES string of the molecule is COc1c(C)c(O)c(C=CCCCCCCO[N+](=O)[O-])c(C)c1O. The lowest BCUT2D eigenvalue weighted by Crippen LogP contribution is -2.01. The van der Waals surface area contributed by atoms with E-state index >= 15 is 0 Å². The summed E-state index contributed by atoms with van der Waals surface area (Å²) in [5.41, 5.74) is 1.67. The van der Waals surface area contributed by atoms with Gasteiger partial charge >= 0.3 is 0 Å². The number of nitrogens with zero attached hydrogens (tertiary/aromatic N) is 1. The summed E-state index contributed by atoms with van der Waals surface area (Å²) in [5, 5.41) is 29.6. The van der Waals surface area contributed by atoms with Gasteiger partial charge in [0.25, 0.3) is 5.09 Å². The fourth-order valence-corrected chi connectivity index (χ4v) is 2.47. The lowest BCUT2D eigenvalue weighted by molar-refractivity contribution is -0.757. The average molecular weight is 339 g/mol. The smallest absolute Gasteiger partial charge is 0.294 e. The van der Waals surface area contributed by atoms with E-state index in [1.807, 2.05) is 6.08 Å². The zero-order valence-electron chi connectivity index (χ0n) is 14.4. The Balaban J connectivity index is 2.50. The van der Waals surface area contributed by atoms with Crippen molar-refractivity contribution >= 4 is 6.08 Å². The molecule has 0 aromatic heterocycles. The fraction of sp³-hybridized carbons (Fsp3) is 0.529. The van der Waals surface area contributed by atoms with Gasteiger partial charge in [0.15, 0.2) is 11.5 Å². The van der Waals surface area contributed by atoms with Crippen molar-refractivity contribution in [2.24, 2.45) is 0 Å². The van der Waals surface area contributed by atoms with E-state index in [4.69, 9.17) is 4.74 Å². The number of unbranched alkanes of at least 4 members (excludes halogenated alkanes) is 4. The van der Waals surface area contributed by atoms with Crippen LogP contribution in [0.2, 0.25) is 0 Å². The molecule has 0 spiro atoms. The predicted octanol–water partition coefficient (Wildman–Crippen LogP) is 3.90. The summed E-state index contributed by atoms with van der Waals surface area (Å²) in [7, 11) is 1.45. The third-order valence-corrected chi connectivity index (χ3v) is 3.88. The van der Waals surface area contributed by atoms with Crippen molar-refractivity contribution in [2.45, 2.75) is 46.0 Å². The molecule has 0 unspecified atom stereocenters. The Kier molecular flexibility index (Phi) is 7.88. The van der Waals surface area contributed by atoms with Crippen LogP contribution in [0.3, 0.4) is 0 Å². The number of ether oxygens (including phenoxy) is 1. The number of benzene rings is 1. The average Bonchev–Trinajstić information content (AvgIpc) is 2.54. The van der Waals surface area contributed by atoms with Crippen LogP contribution in [-0.4, -0.2) is 29.0 Å². The minimum absolute atomic E-state index is 0.0400. The van der Waals surface area contributed by atoms with Crippen molar-refractivity contribution in [2.75, 3.05) is 13.7 Å². The van der Waals surface area contributed by atoms with Crippen LogP contribution < -0.4 is 4.74 Å². The molecule has 0 saturated carbocycles. The Hall–Kier alpha value is -2.44. The number of allylic oxidation sites excluding steroid dienone is 1. The second-order valence-electron chi connectivity index (χ2n) is 5.56. The quantitative estimate of drug-likeness (QED) is 0.290. The van der Waals surface area contributed by atoms with Gasteiger partial charge in [0.1, 0.15) is 5.75 Å². The molecule has 0 amide bonds. The van der Waals surface area contributed by atoms with Crippen molar-refractivity contribution < 1.29 is 24.9 Å². The van der Waals surface area contributed by atoms with Crippen LogP contribution in [0.1, 0.15) is 48.8 Å². The molecular weight excluding hydrogens is 314 g/mol. The van der Waals surface area contributed by atoms with Crippen LogP contribution in [0.5, 0.6) is 17.2 Å². The molecule has 0 aliphatic heterocycles. The van der Waals surface area contributed by atoms with Crippen LogP contribution in [-0.2, 0) is 4.84 Å². The number of rotatable bonds is 10. The molecule has 134 valence electrons. The third kappa shape index (κ3) is 5.33. The van der Waals surface area contributed by atoms with Gasteiger partial charge in [-0.25, -0.2) is 0 Å². The van der Waals surface area contributed by atoms with E-state index < -0.39 is 5.09 Å². The van der Waals surface area contributed by atoms with Gasteiger partial charge in [0, 0.05) is 16.7 Å². The summed E-state index contributed by atoms with van der Waals surface area (Å²) >= 11 is 0. The van der Waals surface area contributed by atoms with Crippen LogP contribution in [0.15, 0.2) is 6.08 Å². The third-order valence-electron chi connectivity index (χ3n) is 3.88. The zero-order valence-corrected chi connectivity index (χ0v) is 14.4. The van der Waals surface area contributed by atoms with Crippen molar-refractivity contribution in [3.8, 4) is 17.2 Å². The maximum absolute atomic E-state index is 10.2. The first-order valence-corrected chi connectivity index (χ1v) is 7.93. The highest BCUT2D eigenvalue weighted by molar-refractivity contribution is 5.70. The monoisotopic (exact) mass is 339 g/mol. The normalized spacial score (nSPS) is 11.0. The van der Waals surface area contributed by atoms with E-state index in [1.54, 1.807) is 19.9 Å². The Morgan fingerprint density at radius 1 is 1.08 bits per heavy atom. The van der Waals surface area contributed by atoms with Gasteiger partial charge in [-0.1, -0.05) is 25.0 Å². The van der Waals surface area contributed by atoms with Crippen LogP contribution in [0.25, 0.3) is 6.08 Å². The molecule has 1 aromatic carbocycles. The topological polar surface area (TPSA) is 102 Å². The largest absolute Gasteiger partial charge is 0.507 e. The predicted molar refractivity (Wildman–Crippen MR) is 90.9 cm³/mol. The van der Waals surface area contributed by atoms with Crippen molar-refractivity contribution in [1.82, 2.24) is 0 Å². The van der Waals surface area contributed by atoms with E-state index in [0.29, 0.717) is 28.9 Å². The number of hydrogen-bond donors (Lipinski definition) is 2. The molecular formula is C17H25NO6. The Labute approximate surface area is 141 Å². The molecule has 1 rings (SSSR count). The standard InChI is InChI=1S/C17H25NO6/c1-12-14(15(19)13(2)17(23-3)16(12)20)10-8-6-4-5-7-9-11-24-18(21)22/h8,10,19-20H,4-7,9,11H2,1-3H3. The molecule has 0 bridgehead atoms. The molecule has 2 N–H and O–H groups in total. The number of phenolic OH excluding ortho intramolecular Hbond substituents is 2. The van der Waals surface area contributed by atoms with Crippen LogP contribution >= 0.6 is 0 Å². The second kappa shape index (κ2) is 9.64. The van der Waals surface area contributed by atoms with E-state index in [2.05, 4.69) is 4.84 Å². The first-order chi connectivity index (χ1) is 11.4. The molecule has 7 nitrogen and oxygen atoms in total. The first kappa shape index (κ1) is 19.6. The highest BCUT2D eigenvalue weighted by Gasteiger charge is 2.17. The molecule has 0 aliphatic carbocycles. The van der Waals surface area contributed by atoms with Crippen molar-refractivity contribution in [3.63, 3.8) is 0 Å². The first-order valence-electron chi connectivity index (χ1n) is 7.93. The van der Waals surface area contributed by atoms with Gasteiger partial charge in [0.2, 0.25) is 0 Å². The highest BCUT2D eigenvalue weighted by atomic mass is 16.9. The Bertz CT molecular complexity index is 568. The summed E-state index contributed by atoms with van der Waals surface area (Å²) in [6.07, 6.45) is 7.98. The van der Waals surface area contributed by atoms with Gasteiger partial charge in [-0.2, -0.15) is 0 Å². The lowest BCUT2D eigenvalue weighted by atomic mass is 10.00. The van der Waals surface area contributed by atoms with E-state index in [9.17, 15) is 20.3 Å². The van der Waals surface area contributed by atoms with Gasteiger partial charge in [-0.05, 0) is 33.1 Å². The molecule has 1 aromatic rings. The molecule has 0 saturated heterocycles. The maximum Gasteiger partial charge on any atom is 0.294 e. The Morgan fingerprint density at radius 2 is 1.75 bits per heavy atom. The molecule has 0 heterocycles. The van der Waals surface area contributed by atoms with Crippen molar-refractivity contribution in [3.05, 3.63) is 32.9 Å². The van der Waals surface area contributed by atoms with Crippen LogP contribution in [0.4, 0.5) is 0 Å². The summed E-state index contributed by atoms with van der Waals surface area (Å²) in [6, 6.07) is 0. The minimum Gasteiger partial charge on any atom is -0.507 e. The summed E-state index contributed by atoms with van der Waals surface area (Å²) in [5.74, 6) is 0.438. The van der Waals surface area contributed by atoms with Gasteiger partial charge in [-0.15, -0.1) is 10.1 Å². The summed E-state index contributed by atoms with van der Waals surface area (Å²) in [4.78, 5) is 14.2. The van der Waals surface area contributed by atoms with Crippen LogP contribution in [0, 0.1) is 24.0 Å². The van der Waals surface area contributed by atoms with Gasteiger partial charge < -0.3 is 19.8 Å². The fourth-order valence-electron chi connectivity index (χ4n) is 2.47. The van der Waals surface area contributed by atoms with E-state index in [1.165, 1.54) is 7.11 Å². The second-order valence-corrected chi connectivity index (χ2v) is 5.56. The summed E-state index contributed by atoms with van der Waals surface area (Å²) in [6.45, 7) is 3.56. The molecule has 0 atom stereocenters. The molecule has 0 aliphatic rings. The van der Waals surface area contributed by atoms with Crippen molar-refractivity contribution in [1.29, 1.82) is 0 Å². The maximum atomic E-state index is 10.2. The lowest BCUT2D eigenvalue weighted by Gasteiger charge is -2.14. The summed E-state index contributed by atoms with van der Waals surface area (Å²) < 4.78 is 5.11. The van der Waals surface area contributed by atoms with E-state index in [0.717, 1.165) is 25.7 Å². The molecule has 0 fully saturated rings. The number of hydrogen-bond acceptors (Lipinski definition) is 6. The molecule has 7 heteroatoms. The van der Waals surface area contributed by atoms with E-state index in [-0.39, 0.29) is 18.1 Å². The highest BCUT2D eigenvalue weighted by Crippen LogP contribution is 2.42. The number of methoxy groups -OCH3 is 1. The van der Waals surface area contributed by atoms with Gasteiger partial charge in [-0.3, -0.25) is 0 Å². The number of aromatic hydroxyl groups is 2. The minimum atomic E-state index is -0.774. The zero-order chi connectivity index (χ0) is 18.1. The molecule has 0 radical (unpaired) electrons. The molecule has 24 heavy (non-hydrogen) atoms. The van der Waals surface area contributed by atoms with Gasteiger partial charge in [0.05, 0.1) is 13.7 Å².